The molecule has 0 saturated heterocycles. The minimum Gasteiger partial charge on any atom is -0.384 e. The fourth-order valence-electron chi connectivity index (χ4n) is 1.85. The fraction of sp³-hybridized carbons (Fsp3) is 0.286. The summed E-state index contributed by atoms with van der Waals surface area (Å²) in [4.78, 5) is 10.7. The van der Waals surface area contributed by atoms with Crippen molar-refractivity contribution in [3.63, 3.8) is 0 Å². The van der Waals surface area contributed by atoms with Gasteiger partial charge in [0.25, 0.3) is 0 Å². The first-order valence-corrected chi connectivity index (χ1v) is 6.55. The van der Waals surface area contributed by atoms with Crippen molar-refractivity contribution in [2.24, 2.45) is 0 Å². The SMILES string of the molecule is CCc1nc(N)cc(N(C)Cc2cccc(Cl)c2)n1. The number of rotatable bonds is 4. The van der Waals surface area contributed by atoms with Crippen LogP contribution in [0.3, 0.4) is 0 Å². The lowest BCUT2D eigenvalue weighted by atomic mass is 10.2. The highest BCUT2D eigenvalue weighted by molar-refractivity contribution is 6.30. The van der Waals surface area contributed by atoms with Gasteiger partial charge >= 0.3 is 0 Å². The van der Waals surface area contributed by atoms with Crippen LogP contribution in [0, 0.1) is 0 Å². The predicted molar refractivity (Wildman–Crippen MR) is 79.4 cm³/mol. The van der Waals surface area contributed by atoms with Gasteiger partial charge in [0.1, 0.15) is 17.5 Å². The van der Waals surface area contributed by atoms with Crippen LogP contribution in [0.2, 0.25) is 5.02 Å². The third-order valence-electron chi connectivity index (χ3n) is 2.79. The maximum atomic E-state index is 5.98. The van der Waals surface area contributed by atoms with E-state index in [4.69, 9.17) is 17.3 Å². The van der Waals surface area contributed by atoms with E-state index >= 15 is 0 Å². The lowest BCUT2D eigenvalue weighted by Crippen LogP contribution is -2.19. The molecule has 0 aliphatic carbocycles. The molecule has 1 aromatic carbocycles. The third-order valence-corrected chi connectivity index (χ3v) is 3.03. The Kier molecular flexibility index (Phi) is 4.22. The number of nitrogens with two attached hydrogens (primary N) is 1. The molecule has 0 fully saturated rings. The first kappa shape index (κ1) is 13.6. The maximum absolute atomic E-state index is 5.98. The van der Waals surface area contributed by atoms with Crippen LogP contribution in [0.4, 0.5) is 11.6 Å². The van der Waals surface area contributed by atoms with Crippen LogP contribution >= 0.6 is 11.6 Å². The van der Waals surface area contributed by atoms with Crippen LogP contribution in [-0.4, -0.2) is 17.0 Å². The van der Waals surface area contributed by atoms with E-state index in [9.17, 15) is 0 Å². The van der Waals surface area contributed by atoms with Crippen molar-refractivity contribution in [3.8, 4) is 0 Å². The zero-order chi connectivity index (χ0) is 13.8. The number of anilines is 2. The molecule has 2 aromatic rings. The van der Waals surface area contributed by atoms with Crippen LogP contribution in [0.1, 0.15) is 18.3 Å². The van der Waals surface area contributed by atoms with Crippen LogP contribution in [0.15, 0.2) is 30.3 Å². The van der Waals surface area contributed by atoms with Crippen molar-refractivity contribution in [2.75, 3.05) is 17.7 Å². The average molecular weight is 277 g/mol. The van der Waals surface area contributed by atoms with Crippen molar-refractivity contribution in [1.29, 1.82) is 0 Å². The Morgan fingerprint density at radius 3 is 2.74 bits per heavy atom. The van der Waals surface area contributed by atoms with E-state index in [0.717, 1.165) is 35.2 Å². The van der Waals surface area contributed by atoms with Gasteiger partial charge in [-0.1, -0.05) is 30.7 Å². The first-order valence-electron chi connectivity index (χ1n) is 6.17. The van der Waals surface area contributed by atoms with Gasteiger partial charge in [-0.05, 0) is 17.7 Å². The molecule has 0 unspecified atom stereocenters. The zero-order valence-electron chi connectivity index (χ0n) is 11.1. The summed E-state index contributed by atoms with van der Waals surface area (Å²) in [6.07, 6.45) is 0.767. The summed E-state index contributed by atoms with van der Waals surface area (Å²) < 4.78 is 0. The highest BCUT2D eigenvalue weighted by atomic mass is 35.5. The summed E-state index contributed by atoms with van der Waals surface area (Å²) in [5.41, 5.74) is 6.92. The molecule has 19 heavy (non-hydrogen) atoms. The second-order valence-electron chi connectivity index (χ2n) is 4.41. The molecule has 0 atom stereocenters. The quantitative estimate of drug-likeness (QED) is 0.933. The summed E-state index contributed by atoms with van der Waals surface area (Å²) in [6.45, 7) is 2.73. The van der Waals surface area contributed by atoms with Gasteiger partial charge in [-0.2, -0.15) is 0 Å². The summed E-state index contributed by atoms with van der Waals surface area (Å²) in [7, 11) is 1.97. The Morgan fingerprint density at radius 1 is 1.26 bits per heavy atom. The lowest BCUT2D eigenvalue weighted by Gasteiger charge is -2.19. The van der Waals surface area contributed by atoms with E-state index in [0.29, 0.717) is 5.82 Å². The molecule has 2 rings (SSSR count). The minimum atomic E-state index is 0.500. The number of halogens is 1. The first-order chi connectivity index (χ1) is 9.08. The number of nitrogen functional groups attached to an aromatic ring is 1. The Bertz CT molecular complexity index is 571. The second-order valence-corrected chi connectivity index (χ2v) is 4.84. The van der Waals surface area contributed by atoms with Crippen molar-refractivity contribution < 1.29 is 0 Å². The van der Waals surface area contributed by atoms with Gasteiger partial charge in [0.2, 0.25) is 0 Å². The molecule has 2 N–H and O–H groups in total. The van der Waals surface area contributed by atoms with Gasteiger partial charge in [-0.3, -0.25) is 0 Å². The molecular weight excluding hydrogens is 260 g/mol. The second kappa shape index (κ2) is 5.89. The van der Waals surface area contributed by atoms with Crippen LogP contribution in [0.5, 0.6) is 0 Å². The largest absolute Gasteiger partial charge is 0.384 e. The smallest absolute Gasteiger partial charge is 0.134 e. The molecule has 5 heteroatoms. The molecule has 0 saturated carbocycles. The topological polar surface area (TPSA) is 55.0 Å². The van der Waals surface area contributed by atoms with Crippen LogP contribution in [-0.2, 0) is 13.0 Å². The fourth-order valence-corrected chi connectivity index (χ4v) is 2.06. The van der Waals surface area contributed by atoms with E-state index in [-0.39, 0.29) is 0 Å². The molecule has 1 heterocycles. The average Bonchev–Trinajstić information content (AvgIpc) is 2.38. The van der Waals surface area contributed by atoms with Gasteiger partial charge in [0, 0.05) is 31.1 Å². The van der Waals surface area contributed by atoms with Crippen molar-refractivity contribution in [3.05, 3.63) is 46.7 Å². The molecule has 0 amide bonds. The van der Waals surface area contributed by atoms with E-state index in [1.165, 1.54) is 0 Å². The third kappa shape index (κ3) is 3.58. The summed E-state index contributed by atoms with van der Waals surface area (Å²) in [5, 5.41) is 0.738. The number of hydrogen-bond acceptors (Lipinski definition) is 4. The van der Waals surface area contributed by atoms with Gasteiger partial charge < -0.3 is 10.6 Å². The lowest BCUT2D eigenvalue weighted by molar-refractivity contribution is 0.861. The van der Waals surface area contributed by atoms with Gasteiger partial charge in [0.15, 0.2) is 0 Å². The summed E-state index contributed by atoms with van der Waals surface area (Å²) in [6, 6.07) is 9.57. The summed E-state index contributed by atoms with van der Waals surface area (Å²) in [5.74, 6) is 2.08. The molecule has 0 spiro atoms. The van der Waals surface area contributed by atoms with Gasteiger partial charge in [0.05, 0.1) is 0 Å². The number of benzene rings is 1. The zero-order valence-corrected chi connectivity index (χ0v) is 11.9. The molecular formula is C14H17ClN4. The minimum absolute atomic E-state index is 0.500. The standard InChI is InChI=1S/C14H17ClN4/c1-3-13-17-12(16)8-14(18-13)19(2)9-10-5-4-6-11(15)7-10/h4-8H,3,9H2,1-2H3,(H2,16,17,18). The summed E-state index contributed by atoms with van der Waals surface area (Å²) >= 11 is 5.98. The number of aryl methyl sites for hydroxylation is 1. The molecule has 0 aliphatic rings. The Balaban J connectivity index is 2.20. The maximum Gasteiger partial charge on any atom is 0.134 e. The van der Waals surface area contributed by atoms with Gasteiger partial charge in [-0.15, -0.1) is 0 Å². The molecule has 1 aromatic heterocycles. The van der Waals surface area contributed by atoms with Crippen molar-refractivity contribution in [2.45, 2.75) is 19.9 Å². The highest BCUT2D eigenvalue weighted by Gasteiger charge is 2.07. The molecule has 0 radical (unpaired) electrons. The van der Waals surface area contributed by atoms with E-state index in [1.54, 1.807) is 6.07 Å². The Hall–Kier alpha value is -1.81. The van der Waals surface area contributed by atoms with Gasteiger partial charge in [-0.25, -0.2) is 9.97 Å². The molecule has 0 bridgehead atoms. The van der Waals surface area contributed by atoms with E-state index in [2.05, 4.69) is 9.97 Å². The Labute approximate surface area is 118 Å². The Morgan fingerprint density at radius 2 is 2.05 bits per heavy atom. The monoisotopic (exact) mass is 276 g/mol. The van der Waals surface area contributed by atoms with E-state index < -0.39 is 0 Å². The normalized spacial score (nSPS) is 10.5. The molecule has 0 aliphatic heterocycles. The highest BCUT2D eigenvalue weighted by Crippen LogP contribution is 2.17. The van der Waals surface area contributed by atoms with Crippen LogP contribution < -0.4 is 10.6 Å². The number of nitrogens with zero attached hydrogens (tertiary/aromatic N) is 3. The molecule has 100 valence electrons. The van der Waals surface area contributed by atoms with Crippen molar-refractivity contribution >= 4 is 23.2 Å². The van der Waals surface area contributed by atoms with Crippen LogP contribution in [0.25, 0.3) is 0 Å². The van der Waals surface area contributed by atoms with Crippen molar-refractivity contribution in [1.82, 2.24) is 9.97 Å². The van der Waals surface area contributed by atoms with E-state index in [1.807, 2.05) is 43.1 Å². The number of hydrogen-bond donors (Lipinski definition) is 1. The molecule has 4 nitrogen and oxygen atoms in total. The number of aromatic nitrogens is 2. The predicted octanol–water partition coefficient (Wildman–Crippen LogP) is 2.91.